The Labute approximate surface area is 124 Å². The van der Waals surface area contributed by atoms with E-state index in [9.17, 15) is 4.79 Å². The van der Waals surface area contributed by atoms with Crippen LogP contribution in [0.4, 0.5) is 4.79 Å². The predicted octanol–water partition coefficient (Wildman–Crippen LogP) is 5.14. The fraction of sp³-hybridized carbons (Fsp3) is 0.706. The molecule has 0 fully saturated rings. The van der Waals surface area contributed by atoms with Crippen molar-refractivity contribution in [3.05, 3.63) is 23.9 Å². The number of hydrogen-bond donors (Lipinski definition) is 0. The third-order valence-electron chi connectivity index (χ3n) is 2.88. The first-order chi connectivity index (χ1) is 9.12. The molecule has 0 aliphatic carbocycles. The lowest BCUT2D eigenvalue weighted by atomic mass is 10.0. The minimum atomic E-state index is -0.486. The fourth-order valence-electron chi connectivity index (χ4n) is 1.70. The molecular formula is C17H31NO2. The predicted molar refractivity (Wildman–Crippen MR) is 85.6 cm³/mol. The minimum Gasteiger partial charge on any atom is -0.443 e. The second kappa shape index (κ2) is 8.13. The SMILES string of the molecule is C=C(C)/C(=C\C(C)CC)N(CCC)C(=O)OC(C)(C)C. The number of amides is 1. The number of carbonyl (C=O) groups is 1. The third-order valence-corrected chi connectivity index (χ3v) is 2.88. The van der Waals surface area contributed by atoms with Crippen LogP contribution in [-0.4, -0.2) is 23.1 Å². The summed E-state index contributed by atoms with van der Waals surface area (Å²) in [6.07, 6.45) is 3.73. The number of ether oxygens (including phenoxy) is 1. The Morgan fingerprint density at radius 2 is 1.90 bits per heavy atom. The third kappa shape index (κ3) is 6.78. The average Bonchev–Trinajstić information content (AvgIpc) is 2.30. The Kier molecular flexibility index (Phi) is 7.62. The van der Waals surface area contributed by atoms with Crippen molar-refractivity contribution in [1.29, 1.82) is 0 Å². The molecule has 0 spiro atoms. The molecule has 0 aliphatic heterocycles. The minimum absolute atomic E-state index is 0.295. The summed E-state index contributed by atoms with van der Waals surface area (Å²) < 4.78 is 5.50. The van der Waals surface area contributed by atoms with Gasteiger partial charge in [-0.15, -0.1) is 0 Å². The van der Waals surface area contributed by atoms with E-state index in [2.05, 4.69) is 33.4 Å². The molecule has 0 aromatic carbocycles. The van der Waals surface area contributed by atoms with Crippen molar-refractivity contribution < 1.29 is 9.53 Å². The zero-order valence-corrected chi connectivity index (χ0v) is 14.2. The van der Waals surface area contributed by atoms with Crippen molar-refractivity contribution in [2.24, 2.45) is 5.92 Å². The summed E-state index contributed by atoms with van der Waals surface area (Å²) >= 11 is 0. The van der Waals surface area contributed by atoms with Gasteiger partial charge in [-0.25, -0.2) is 4.79 Å². The lowest BCUT2D eigenvalue weighted by Gasteiger charge is -2.29. The van der Waals surface area contributed by atoms with Gasteiger partial charge in [-0.1, -0.05) is 39.8 Å². The van der Waals surface area contributed by atoms with Crippen LogP contribution in [0.15, 0.2) is 23.9 Å². The molecule has 0 saturated carbocycles. The van der Waals surface area contributed by atoms with Gasteiger partial charge in [0, 0.05) is 12.2 Å². The highest BCUT2D eigenvalue weighted by Crippen LogP contribution is 2.21. The number of rotatable bonds is 6. The molecule has 1 atom stereocenters. The standard InChI is InChI=1S/C17H31NO2/c1-9-11-18(16(19)20-17(6,7)8)15(13(3)4)12-14(5)10-2/h12,14H,3,9-11H2,1-2,4-8H3/b15-12+. The van der Waals surface area contributed by atoms with Gasteiger partial charge in [-0.3, -0.25) is 4.90 Å². The van der Waals surface area contributed by atoms with Crippen LogP contribution in [-0.2, 0) is 4.74 Å². The first-order valence-corrected chi connectivity index (χ1v) is 7.50. The zero-order chi connectivity index (χ0) is 15.9. The molecule has 0 N–H and O–H groups in total. The number of hydrogen-bond acceptors (Lipinski definition) is 2. The first kappa shape index (κ1) is 18.8. The van der Waals surface area contributed by atoms with E-state index < -0.39 is 5.60 Å². The van der Waals surface area contributed by atoms with Crippen LogP contribution in [0.3, 0.4) is 0 Å². The van der Waals surface area contributed by atoms with E-state index in [0.717, 1.165) is 24.1 Å². The van der Waals surface area contributed by atoms with E-state index in [1.807, 2.05) is 27.7 Å². The Bertz CT molecular complexity index is 364. The van der Waals surface area contributed by atoms with E-state index in [4.69, 9.17) is 4.74 Å². The molecule has 0 saturated heterocycles. The van der Waals surface area contributed by atoms with Gasteiger partial charge < -0.3 is 4.74 Å². The normalized spacial score (nSPS) is 13.8. The summed E-state index contributed by atoms with van der Waals surface area (Å²) in [4.78, 5) is 14.1. The van der Waals surface area contributed by atoms with E-state index >= 15 is 0 Å². The Balaban J connectivity index is 5.34. The lowest BCUT2D eigenvalue weighted by Crippen LogP contribution is -2.37. The summed E-state index contributed by atoms with van der Waals surface area (Å²) in [7, 11) is 0. The van der Waals surface area contributed by atoms with Crippen molar-refractivity contribution >= 4 is 6.09 Å². The summed E-state index contributed by atoms with van der Waals surface area (Å²) in [5.41, 5.74) is 1.29. The lowest BCUT2D eigenvalue weighted by molar-refractivity contribution is 0.0316. The zero-order valence-electron chi connectivity index (χ0n) is 14.2. The maximum atomic E-state index is 12.4. The van der Waals surface area contributed by atoms with Crippen LogP contribution in [0, 0.1) is 5.92 Å². The Hall–Kier alpha value is -1.25. The van der Waals surface area contributed by atoms with E-state index in [0.29, 0.717) is 12.5 Å². The Morgan fingerprint density at radius 1 is 1.35 bits per heavy atom. The molecule has 0 bridgehead atoms. The maximum Gasteiger partial charge on any atom is 0.414 e. The smallest absolute Gasteiger partial charge is 0.414 e. The van der Waals surface area contributed by atoms with Gasteiger partial charge in [0.2, 0.25) is 0 Å². The molecule has 1 unspecified atom stereocenters. The van der Waals surface area contributed by atoms with Gasteiger partial charge in [0.1, 0.15) is 5.60 Å². The van der Waals surface area contributed by atoms with E-state index in [-0.39, 0.29) is 6.09 Å². The van der Waals surface area contributed by atoms with Gasteiger partial charge in [-0.2, -0.15) is 0 Å². The van der Waals surface area contributed by atoms with E-state index in [1.165, 1.54) is 0 Å². The van der Waals surface area contributed by atoms with Crippen LogP contribution < -0.4 is 0 Å². The van der Waals surface area contributed by atoms with Gasteiger partial charge in [0.25, 0.3) is 0 Å². The van der Waals surface area contributed by atoms with Gasteiger partial charge >= 0.3 is 6.09 Å². The second-order valence-electron chi connectivity index (χ2n) is 6.35. The fourth-order valence-corrected chi connectivity index (χ4v) is 1.70. The highest BCUT2D eigenvalue weighted by molar-refractivity contribution is 5.71. The van der Waals surface area contributed by atoms with Crippen molar-refractivity contribution in [3.63, 3.8) is 0 Å². The Morgan fingerprint density at radius 3 is 2.25 bits per heavy atom. The number of nitrogens with zero attached hydrogens (tertiary/aromatic N) is 1. The first-order valence-electron chi connectivity index (χ1n) is 7.50. The molecule has 0 radical (unpaired) electrons. The van der Waals surface area contributed by atoms with Crippen molar-refractivity contribution in [2.45, 2.75) is 66.9 Å². The number of carbonyl (C=O) groups excluding carboxylic acids is 1. The molecule has 0 heterocycles. The topological polar surface area (TPSA) is 29.5 Å². The molecule has 0 rings (SSSR count). The van der Waals surface area contributed by atoms with Crippen molar-refractivity contribution in [3.8, 4) is 0 Å². The monoisotopic (exact) mass is 281 g/mol. The molecule has 3 heteroatoms. The highest BCUT2D eigenvalue weighted by Gasteiger charge is 2.24. The summed E-state index contributed by atoms with van der Waals surface area (Å²) in [6, 6.07) is 0. The van der Waals surface area contributed by atoms with Gasteiger partial charge in [0.15, 0.2) is 0 Å². The van der Waals surface area contributed by atoms with Crippen LogP contribution in [0.2, 0.25) is 0 Å². The van der Waals surface area contributed by atoms with E-state index in [1.54, 1.807) is 4.90 Å². The largest absolute Gasteiger partial charge is 0.443 e. The van der Waals surface area contributed by atoms with Crippen LogP contribution >= 0.6 is 0 Å². The van der Waals surface area contributed by atoms with Gasteiger partial charge in [0.05, 0.1) is 0 Å². The molecule has 0 aromatic rings. The van der Waals surface area contributed by atoms with Crippen LogP contribution in [0.25, 0.3) is 0 Å². The molecular weight excluding hydrogens is 250 g/mol. The van der Waals surface area contributed by atoms with Crippen LogP contribution in [0.1, 0.15) is 61.3 Å². The summed E-state index contributed by atoms with van der Waals surface area (Å²) in [5, 5.41) is 0. The molecule has 20 heavy (non-hydrogen) atoms. The quantitative estimate of drug-likeness (QED) is 0.631. The van der Waals surface area contributed by atoms with Crippen molar-refractivity contribution in [2.75, 3.05) is 6.54 Å². The maximum absolute atomic E-state index is 12.4. The second-order valence-corrected chi connectivity index (χ2v) is 6.35. The number of allylic oxidation sites excluding steroid dienone is 2. The van der Waals surface area contributed by atoms with Crippen LogP contribution in [0.5, 0.6) is 0 Å². The molecule has 0 aromatic heterocycles. The molecule has 1 amide bonds. The molecule has 0 aliphatic rings. The molecule has 116 valence electrons. The highest BCUT2D eigenvalue weighted by atomic mass is 16.6. The molecule has 3 nitrogen and oxygen atoms in total. The summed E-state index contributed by atoms with van der Waals surface area (Å²) in [6.45, 7) is 18.6. The average molecular weight is 281 g/mol. The summed E-state index contributed by atoms with van der Waals surface area (Å²) in [5.74, 6) is 0.406. The van der Waals surface area contributed by atoms with Crippen molar-refractivity contribution in [1.82, 2.24) is 4.90 Å². The van der Waals surface area contributed by atoms with Gasteiger partial charge in [-0.05, 0) is 45.6 Å².